The topological polar surface area (TPSA) is 63.8 Å². The highest BCUT2D eigenvalue weighted by atomic mass is 16.3. The van der Waals surface area contributed by atoms with E-state index in [0.717, 1.165) is 48.1 Å². The number of aromatic nitrogens is 3. The average Bonchev–Trinajstić information content (AvgIpc) is 2.98. The maximum Gasteiger partial charge on any atom is 0.229 e. The molecule has 0 saturated carbocycles. The first kappa shape index (κ1) is 15.4. The number of unbranched alkanes of at least 4 members (excludes halogenated alkanes) is 3. The van der Waals surface area contributed by atoms with Gasteiger partial charge in [-0.05, 0) is 43.7 Å². The first-order chi connectivity index (χ1) is 11.9. The van der Waals surface area contributed by atoms with Crippen LogP contribution < -0.4 is 5.32 Å². The van der Waals surface area contributed by atoms with Crippen molar-refractivity contribution in [3.63, 3.8) is 0 Å². The van der Waals surface area contributed by atoms with E-state index in [9.17, 15) is 0 Å². The first-order valence-corrected chi connectivity index (χ1v) is 9.16. The summed E-state index contributed by atoms with van der Waals surface area (Å²) in [5, 5.41) is 4.42. The molecule has 0 saturated heterocycles. The molecule has 3 aromatic heterocycles. The van der Waals surface area contributed by atoms with Crippen molar-refractivity contribution in [2.45, 2.75) is 58.3 Å². The van der Waals surface area contributed by atoms with E-state index in [1.54, 1.807) is 6.33 Å². The van der Waals surface area contributed by atoms with Crippen molar-refractivity contribution in [2.24, 2.45) is 0 Å². The number of rotatable bonds is 6. The average molecular weight is 324 g/mol. The smallest absolute Gasteiger partial charge is 0.229 e. The summed E-state index contributed by atoms with van der Waals surface area (Å²) in [7, 11) is 0. The number of hydrogen-bond donors (Lipinski definition) is 1. The molecule has 5 heteroatoms. The van der Waals surface area contributed by atoms with Crippen molar-refractivity contribution < 1.29 is 4.42 Å². The zero-order valence-electron chi connectivity index (χ0n) is 14.3. The summed E-state index contributed by atoms with van der Waals surface area (Å²) in [5.74, 6) is 0.785. The molecule has 0 fully saturated rings. The first-order valence-electron chi connectivity index (χ1n) is 9.16. The molecule has 4 rings (SSSR count). The number of furan rings is 1. The Balaban J connectivity index is 1.66. The van der Waals surface area contributed by atoms with Crippen LogP contribution in [0.1, 0.15) is 56.7 Å². The Labute approximate surface area is 141 Å². The summed E-state index contributed by atoms with van der Waals surface area (Å²) in [4.78, 5) is 13.6. The largest absolute Gasteiger partial charge is 0.432 e. The lowest BCUT2D eigenvalue weighted by Gasteiger charge is -2.13. The summed E-state index contributed by atoms with van der Waals surface area (Å²) >= 11 is 0. The lowest BCUT2D eigenvalue weighted by molar-refractivity contribution is 0.631. The van der Waals surface area contributed by atoms with E-state index in [2.05, 4.69) is 28.3 Å². The van der Waals surface area contributed by atoms with Crippen LogP contribution >= 0.6 is 0 Å². The molecule has 3 heterocycles. The maximum atomic E-state index is 6.03. The van der Waals surface area contributed by atoms with E-state index in [1.165, 1.54) is 43.4 Å². The third-order valence-electron chi connectivity index (χ3n) is 4.85. The molecule has 0 unspecified atom stereocenters. The monoisotopic (exact) mass is 324 g/mol. The molecule has 24 heavy (non-hydrogen) atoms. The second kappa shape index (κ2) is 6.75. The molecule has 0 aromatic carbocycles. The zero-order valence-corrected chi connectivity index (χ0v) is 14.3. The van der Waals surface area contributed by atoms with E-state index < -0.39 is 0 Å². The van der Waals surface area contributed by atoms with Crippen molar-refractivity contribution in [1.82, 2.24) is 15.0 Å². The van der Waals surface area contributed by atoms with Gasteiger partial charge in [-0.15, -0.1) is 0 Å². The third kappa shape index (κ3) is 2.83. The highest BCUT2D eigenvalue weighted by Gasteiger charge is 2.18. The lowest BCUT2D eigenvalue weighted by atomic mass is 9.95. The fourth-order valence-electron chi connectivity index (χ4n) is 3.51. The number of fused-ring (bicyclic) bond motifs is 4. The normalized spacial score (nSPS) is 14.2. The van der Waals surface area contributed by atoms with Crippen molar-refractivity contribution >= 4 is 28.0 Å². The molecular formula is C19H24N4O. The van der Waals surface area contributed by atoms with Gasteiger partial charge in [-0.25, -0.2) is 15.0 Å². The summed E-state index contributed by atoms with van der Waals surface area (Å²) < 4.78 is 6.03. The minimum absolute atomic E-state index is 0.695. The Kier molecular flexibility index (Phi) is 4.32. The maximum absolute atomic E-state index is 6.03. The third-order valence-corrected chi connectivity index (χ3v) is 4.85. The number of hydrogen-bond acceptors (Lipinski definition) is 5. The fraction of sp³-hybridized carbons (Fsp3) is 0.526. The Hall–Kier alpha value is -2.17. The molecule has 1 aliphatic rings. The molecular weight excluding hydrogens is 300 g/mol. The van der Waals surface area contributed by atoms with Gasteiger partial charge in [0.2, 0.25) is 5.71 Å². The summed E-state index contributed by atoms with van der Waals surface area (Å²) in [5.41, 5.74) is 4.84. The Morgan fingerprint density at radius 2 is 2.04 bits per heavy atom. The SMILES string of the molecule is CCCCCCNc1ncnc2c1oc1nc3c(cc12)CCCC3. The van der Waals surface area contributed by atoms with Gasteiger partial charge in [-0.3, -0.25) is 0 Å². The Morgan fingerprint density at radius 1 is 1.12 bits per heavy atom. The number of nitrogens with one attached hydrogen (secondary N) is 1. The van der Waals surface area contributed by atoms with Crippen molar-refractivity contribution in [1.29, 1.82) is 0 Å². The van der Waals surface area contributed by atoms with Gasteiger partial charge in [-0.1, -0.05) is 26.2 Å². The summed E-state index contributed by atoms with van der Waals surface area (Å²) in [6.45, 7) is 3.13. The van der Waals surface area contributed by atoms with Gasteiger partial charge in [-0.2, -0.15) is 0 Å². The van der Waals surface area contributed by atoms with E-state index in [4.69, 9.17) is 9.40 Å². The standard InChI is InChI=1S/C19H24N4O/c1-2-3-4-7-10-20-18-17-16(21-12-22-18)14-11-13-8-5-6-9-15(13)23-19(14)24-17/h11-12H,2-10H2,1H3,(H,20,21,22). The van der Waals surface area contributed by atoms with Gasteiger partial charge in [0.15, 0.2) is 11.4 Å². The Morgan fingerprint density at radius 3 is 2.96 bits per heavy atom. The van der Waals surface area contributed by atoms with Gasteiger partial charge in [0, 0.05) is 12.2 Å². The minimum Gasteiger partial charge on any atom is -0.432 e. The molecule has 1 aliphatic carbocycles. The summed E-state index contributed by atoms with van der Waals surface area (Å²) in [6.07, 6.45) is 11.2. The minimum atomic E-state index is 0.695. The van der Waals surface area contributed by atoms with E-state index >= 15 is 0 Å². The molecule has 0 spiro atoms. The fourth-order valence-corrected chi connectivity index (χ4v) is 3.51. The summed E-state index contributed by atoms with van der Waals surface area (Å²) in [6, 6.07) is 2.22. The molecule has 0 bridgehead atoms. The number of anilines is 1. The highest BCUT2D eigenvalue weighted by Crippen LogP contribution is 2.32. The van der Waals surface area contributed by atoms with E-state index in [-0.39, 0.29) is 0 Å². The van der Waals surface area contributed by atoms with Crippen molar-refractivity contribution in [3.05, 3.63) is 23.7 Å². The van der Waals surface area contributed by atoms with Crippen LogP contribution in [0.25, 0.3) is 22.2 Å². The van der Waals surface area contributed by atoms with Crippen molar-refractivity contribution in [3.8, 4) is 0 Å². The molecule has 0 atom stereocenters. The van der Waals surface area contributed by atoms with Crippen LogP contribution in [0.4, 0.5) is 5.82 Å². The van der Waals surface area contributed by atoms with Crippen LogP contribution in [-0.4, -0.2) is 21.5 Å². The molecule has 1 N–H and O–H groups in total. The van der Waals surface area contributed by atoms with Crippen LogP contribution in [0.15, 0.2) is 16.8 Å². The van der Waals surface area contributed by atoms with Crippen LogP contribution in [0.2, 0.25) is 0 Å². The van der Waals surface area contributed by atoms with Crippen LogP contribution in [-0.2, 0) is 12.8 Å². The van der Waals surface area contributed by atoms with Gasteiger partial charge < -0.3 is 9.73 Å². The molecule has 5 nitrogen and oxygen atoms in total. The molecule has 126 valence electrons. The molecule has 0 aliphatic heterocycles. The number of aryl methyl sites for hydroxylation is 2. The van der Waals surface area contributed by atoms with Gasteiger partial charge in [0.05, 0.1) is 5.39 Å². The van der Waals surface area contributed by atoms with E-state index in [0.29, 0.717) is 5.71 Å². The molecule has 0 amide bonds. The quantitative estimate of drug-likeness (QED) is 0.669. The zero-order chi connectivity index (χ0) is 16.4. The van der Waals surface area contributed by atoms with Gasteiger partial charge in [0.1, 0.15) is 11.8 Å². The van der Waals surface area contributed by atoms with Crippen molar-refractivity contribution in [2.75, 3.05) is 11.9 Å². The van der Waals surface area contributed by atoms with Gasteiger partial charge >= 0.3 is 0 Å². The van der Waals surface area contributed by atoms with Gasteiger partial charge in [0.25, 0.3) is 0 Å². The predicted molar refractivity (Wildman–Crippen MR) is 96.4 cm³/mol. The number of nitrogens with zero attached hydrogens (tertiary/aromatic N) is 3. The second-order valence-corrected chi connectivity index (χ2v) is 6.64. The van der Waals surface area contributed by atoms with Crippen LogP contribution in [0, 0.1) is 0 Å². The second-order valence-electron chi connectivity index (χ2n) is 6.64. The van der Waals surface area contributed by atoms with E-state index in [1.807, 2.05) is 0 Å². The predicted octanol–water partition coefficient (Wildman–Crippen LogP) is 4.64. The van der Waals surface area contributed by atoms with Crippen LogP contribution in [0.5, 0.6) is 0 Å². The molecule has 3 aromatic rings. The molecule has 0 radical (unpaired) electrons. The highest BCUT2D eigenvalue weighted by molar-refractivity contribution is 6.04. The lowest BCUT2D eigenvalue weighted by Crippen LogP contribution is -2.04. The van der Waals surface area contributed by atoms with Crippen LogP contribution in [0.3, 0.4) is 0 Å². The Bertz CT molecular complexity index is 855. The number of pyridine rings is 1.